The van der Waals surface area contributed by atoms with Crippen molar-refractivity contribution in [3.05, 3.63) is 0 Å². The predicted octanol–water partition coefficient (Wildman–Crippen LogP) is 3.62. The SMILES string of the molecule is NCC1(C(O)CC2CCCCC2)CCCCCC1. The smallest absolute Gasteiger partial charge is 0.0611 e. The zero-order chi connectivity index (χ0) is 12.8. The van der Waals surface area contributed by atoms with E-state index in [1.807, 2.05) is 0 Å². The third-order valence-corrected chi connectivity index (χ3v) is 5.49. The summed E-state index contributed by atoms with van der Waals surface area (Å²) in [5.41, 5.74) is 6.10. The second-order valence-corrected chi connectivity index (χ2v) is 6.74. The van der Waals surface area contributed by atoms with Crippen molar-refractivity contribution in [1.82, 2.24) is 0 Å². The van der Waals surface area contributed by atoms with E-state index in [1.165, 1.54) is 57.8 Å². The van der Waals surface area contributed by atoms with Crippen LogP contribution in [0.5, 0.6) is 0 Å². The summed E-state index contributed by atoms with van der Waals surface area (Å²) in [5, 5.41) is 10.7. The van der Waals surface area contributed by atoms with Gasteiger partial charge in [0.15, 0.2) is 0 Å². The number of hydrogen-bond acceptors (Lipinski definition) is 2. The van der Waals surface area contributed by atoms with Crippen molar-refractivity contribution in [3.63, 3.8) is 0 Å². The summed E-state index contributed by atoms with van der Waals surface area (Å²) in [5.74, 6) is 0.764. The minimum Gasteiger partial charge on any atom is -0.392 e. The van der Waals surface area contributed by atoms with E-state index >= 15 is 0 Å². The van der Waals surface area contributed by atoms with Crippen LogP contribution in [0, 0.1) is 11.3 Å². The van der Waals surface area contributed by atoms with Crippen LogP contribution in [0.4, 0.5) is 0 Å². The highest BCUT2D eigenvalue weighted by atomic mass is 16.3. The molecule has 0 aromatic carbocycles. The molecular formula is C16H31NO. The molecule has 0 aliphatic heterocycles. The first-order valence-electron chi connectivity index (χ1n) is 8.15. The highest BCUT2D eigenvalue weighted by Crippen LogP contribution is 2.41. The van der Waals surface area contributed by atoms with Crippen molar-refractivity contribution in [3.8, 4) is 0 Å². The molecule has 1 atom stereocenters. The van der Waals surface area contributed by atoms with E-state index in [1.54, 1.807) is 0 Å². The number of rotatable bonds is 4. The Morgan fingerprint density at radius 2 is 1.50 bits per heavy atom. The van der Waals surface area contributed by atoms with Crippen LogP contribution in [0.1, 0.15) is 77.0 Å². The Morgan fingerprint density at radius 3 is 2.06 bits per heavy atom. The van der Waals surface area contributed by atoms with Gasteiger partial charge in [0, 0.05) is 12.0 Å². The van der Waals surface area contributed by atoms with Crippen LogP contribution >= 0.6 is 0 Å². The average Bonchev–Trinajstić information content (AvgIpc) is 2.66. The van der Waals surface area contributed by atoms with E-state index in [0.29, 0.717) is 6.54 Å². The first-order valence-corrected chi connectivity index (χ1v) is 8.15. The topological polar surface area (TPSA) is 46.2 Å². The van der Waals surface area contributed by atoms with Crippen molar-refractivity contribution in [2.75, 3.05) is 6.54 Å². The lowest BCUT2D eigenvalue weighted by atomic mass is 9.71. The van der Waals surface area contributed by atoms with Gasteiger partial charge in [0.2, 0.25) is 0 Å². The zero-order valence-corrected chi connectivity index (χ0v) is 11.9. The second-order valence-electron chi connectivity index (χ2n) is 6.74. The van der Waals surface area contributed by atoms with Gasteiger partial charge in [-0.1, -0.05) is 57.8 Å². The lowest BCUT2D eigenvalue weighted by molar-refractivity contribution is -0.00278. The van der Waals surface area contributed by atoms with Crippen LogP contribution in [0.2, 0.25) is 0 Å². The van der Waals surface area contributed by atoms with Crippen molar-refractivity contribution >= 4 is 0 Å². The molecule has 0 amide bonds. The Morgan fingerprint density at radius 1 is 0.944 bits per heavy atom. The van der Waals surface area contributed by atoms with Crippen LogP contribution in [0.25, 0.3) is 0 Å². The number of hydrogen-bond donors (Lipinski definition) is 2. The maximum Gasteiger partial charge on any atom is 0.0611 e. The van der Waals surface area contributed by atoms with Gasteiger partial charge >= 0.3 is 0 Å². The third-order valence-electron chi connectivity index (χ3n) is 5.49. The van der Waals surface area contributed by atoms with Crippen LogP contribution in [-0.4, -0.2) is 17.8 Å². The molecule has 18 heavy (non-hydrogen) atoms. The molecule has 2 heteroatoms. The molecule has 3 N–H and O–H groups in total. The van der Waals surface area contributed by atoms with Gasteiger partial charge in [-0.25, -0.2) is 0 Å². The summed E-state index contributed by atoms with van der Waals surface area (Å²) >= 11 is 0. The maximum atomic E-state index is 10.7. The first-order chi connectivity index (χ1) is 8.77. The predicted molar refractivity (Wildman–Crippen MR) is 76.4 cm³/mol. The fourth-order valence-corrected chi connectivity index (χ4v) is 4.09. The van der Waals surface area contributed by atoms with Gasteiger partial charge in [-0.15, -0.1) is 0 Å². The maximum absolute atomic E-state index is 10.7. The first kappa shape index (κ1) is 14.3. The molecule has 2 nitrogen and oxygen atoms in total. The van der Waals surface area contributed by atoms with Gasteiger partial charge in [-0.2, -0.15) is 0 Å². The van der Waals surface area contributed by atoms with E-state index in [4.69, 9.17) is 5.73 Å². The molecule has 2 rings (SSSR count). The van der Waals surface area contributed by atoms with Gasteiger partial charge in [0.25, 0.3) is 0 Å². The van der Waals surface area contributed by atoms with Crippen LogP contribution < -0.4 is 5.73 Å². The standard InChI is InChI=1S/C16H31NO/c17-13-16(10-6-1-2-7-11-16)15(18)12-14-8-4-3-5-9-14/h14-15,18H,1-13,17H2. The van der Waals surface area contributed by atoms with Crippen molar-refractivity contribution in [2.45, 2.75) is 83.2 Å². The number of aliphatic hydroxyl groups is 1. The molecule has 0 heterocycles. The molecule has 0 aromatic rings. The van der Waals surface area contributed by atoms with Crippen LogP contribution in [0.3, 0.4) is 0 Å². The molecule has 2 saturated carbocycles. The molecule has 0 saturated heterocycles. The molecule has 106 valence electrons. The summed E-state index contributed by atoms with van der Waals surface area (Å²) in [4.78, 5) is 0. The number of nitrogens with two attached hydrogens (primary N) is 1. The highest BCUT2D eigenvalue weighted by Gasteiger charge is 2.37. The molecule has 0 spiro atoms. The van der Waals surface area contributed by atoms with E-state index in [2.05, 4.69) is 0 Å². The normalized spacial score (nSPS) is 27.7. The minimum absolute atomic E-state index is 0.0496. The summed E-state index contributed by atoms with van der Waals surface area (Å²) in [6.07, 6.45) is 15.1. The Balaban J connectivity index is 1.92. The monoisotopic (exact) mass is 253 g/mol. The molecule has 0 bridgehead atoms. The molecule has 2 fully saturated rings. The summed E-state index contributed by atoms with van der Waals surface area (Å²) < 4.78 is 0. The molecule has 2 aliphatic carbocycles. The Kier molecular flexibility index (Phi) is 5.50. The van der Waals surface area contributed by atoms with Gasteiger partial charge in [0.05, 0.1) is 6.10 Å². The lowest BCUT2D eigenvalue weighted by Crippen LogP contribution is -2.42. The van der Waals surface area contributed by atoms with Crippen molar-refractivity contribution in [2.24, 2.45) is 17.1 Å². The molecule has 2 aliphatic rings. The quantitative estimate of drug-likeness (QED) is 0.752. The van der Waals surface area contributed by atoms with Crippen LogP contribution in [-0.2, 0) is 0 Å². The highest BCUT2D eigenvalue weighted by molar-refractivity contribution is 4.90. The van der Waals surface area contributed by atoms with E-state index in [0.717, 1.165) is 25.2 Å². The van der Waals surface area contributed by atoms with E-state index in [-0.39, 0.29) is 11.5 Å². The molecule has 1 unspecified atom stereocenters. The molecule has 0 aromatic heterocycles. The Hall–Kier alpha value is -0.0800. The largest absolute Gasteiger partial charge is 0.392 e. The minimum atomic E-state index is -0.149. The van der Waals surface area contributed by atoms with Crippen LogP contribution in [0.15, 0.2) is 0 Å². The van der Waals surface area contributed by atoms with E-state index < -0.39 is 0 Å². The van der Waals surface area contributed by atoms with Gasteiger partial charge in [0.1, 0.15) is 0 Å². The lowest BCUT2D eigenvalue weighted by Gasteiger charge is -2.38. The van der Waals surface area contributed by atoms with Gasteiger partial charge < -0.3 is 10.8 Å². The van der Waals surface area contributed by atoms with Crippen molar-refractivity contribution < 1.29 is 5.11 Å². The van der Waals surface area contributed by atoms with Gasteiger partial charge in [-0.05, 0) is 25.2 Å². The Labute approximate surface area is 112 Å². The average molecular weight is 253 g/mol. The number of aliphatic hydroxyl groups excluding tert-OH is 1. The fourth-order valence-electron chi connectivity index (χ4n) is 4.09. The fraction of sp³-hybridized carbons (Fsp3) is 1.00. The molecular weight excluding hydrogens is 222 g/mol. The third kappa shape index (κ3) is 3.48. The Bertz CT molecular complexity index is 227. The van der Waals surface area contributed by atoms with E-state index in [9.17, 15) is 5.11 Å². The second kappa shape index (κ2) is 6.91. The molecule has 0 radical (unpaired) electrons. The summed E-state index contributed by atoms with van der Waals surface area (Å²) in [6.45, 7) is 0.681. The summed E-state index contributed by atoms with van der Waals surface area (Å²) in [7, 11) is 0. The van der Waals surface area contributed by atoms with Gasteiger partial charge in [-0.3, -0.25) is 0 Å². The van der Waals surface area contributed by atoms with Crippen molar-refractivity contribution in [1.29, 1.82) is 0 Å². The summed E-state index contributed by atoms with van der Waals surface area (Å²) in [6, 6.07) is 0. The zero-order valence-electron chi connectivity index (χ0n) is 11.9.